The molecule has 0 saturated carbocycles. The summed E-state index contributed by atoms with van der Waals surface area (Å²) < 4.78 is 5.83. The summed E-state index contributed by atoms with van der Waals surface area (Å²) in [7, 11) is -1.33. The van der Waals surface area contributed by atoms with Crippen LogP contribution in [-0.4, -0.2) is 14.3 Å². The van der Waals surface area contributed by atoms with Crippen LogP contribution in [0.15, 0.2) is 84.9 Å². The van der Waals surface area contributed by atoms with Crippen LogP contribution >= 0.6 is 11.6 Å². The summed E-state index contributed by atoms with van der Waals surface area (Å²) in [5, 5.41) is 2.70. The van der Waals surface area contributed by atoms with Crippen molar-refractivity contribution in [2.45, 2.75) is 0 Å². The van der Waals surface area contributed by atoms with Gasteiger partial charge in [0, 0.05) is 5.50 Å². The molecule has 0 fully saturated rings. The molecule has 0 aliphatic rings. The molecule has 3 aromatic rings. The second-order valence-electron chi connectivity index (χ2n) is 5.10. The fraction of sp³-hybridized carbons (Fsp3) is 0.0526. The highest BCUT2D eigenvalue weighted by atomic mass is 35.5. The van der Waals surface area contributed by atoms with Gasteiger partial charge in [0.1, 0.15) is 20.3 Å². The predicted octanol–water partition coefficient (Wildman–Crippen LogP) is 3.60. The Morgan fingerprint density at radius 1 is 0.636 bits per heavy atom. The van der Waals surface area contributed by atoms with E-state index in [1.165, 1.54) is 10.4 Å². The molecule has 0 amide bonds. The third-order valence-corrected chi connectivity index (χ3v) is 7.23. The molecule has 22 heavy (non-hydrogen) atoms. The average Bonchev–Trinajstić information content (AvgIpc) is 2.59. The van der Waals surface area contributed by atoms with Crippen molar-refractivity contribution in [1.82, 2.24) is 0 Å². The maximum absolute atomic E-state index is 6.24. The van der Waals surface area contributed by atoms with Gasteiger partial charge >= 0.3 is 0 Å². The van der Waals surface area contributed by atoms with E-state index in [4.69, 9.17) is 16.3 Å². The molecular formula is C19H17ClOSi. The molecule has 1 nitrogen and oxygen atoms in total. The molecule has 0 saturated heterocycles. The van der Waals surface area contributed by atoms with Crippen molar-refractivity contribution in [1.29, 1.82) is 0 Å². The van der Waals surface area contributed by atoms with Crippen molar-refractivity contribution in [3.63, 3.8) is 0 Å². The van der Waals surface area contributed by atoms with Crippen LogP contribution in [0, 0.1) is 0 Å². The largest absolute Gasteiger partial charge is 0.457 e. The summed E-state index contributed by atoms with van der Waals surface area (Å²) in [6, 6.07) is 28.7. The molecule has 3 rings (SSSR count). The zero-order valence-electron chi connectivity index (χ0n) is 12.2. The van der Waals surface area contributed by atoms with E-state index in [0.29, 0.717) is 5.50 Å². The van der Waals surface area contributed by atoms with Crippen LogP contribution in [0.3, 0.4) is 0 Å². The minimum Gasteiger partial charge on any atom is -0.457 e. The van der Waals surface area contributed by atoms with Gasteiger partial charge in [0.2, 0.25) is 0 Å². The first-order valence-electron chi connectivity index (χ1n) is 7.30. The maximum atomic E-state index is 6.24. The van der Waals surface area contributed by atoms with E-state index in [-0.39, 0.29) is 0 Å². The monoisotopic (exact) mass is 324 g/mol. The summed E-state index contributed by atoms with van der Waals surface area (Å²) in [6.45, 7) is 0. The van der Waals surface area contributed by atoms with E-state index in [9.17, 15) is 0 Å². The molecule has 3 heteroatoms. The highest BCUT2D eigenvalue weighted by molar-refractivity contribution is 6.89. The molecule has 110 valence electrons. The third-order valence-electron chi connectivity index (χ3n) is 3.62. The molecule has 1 unspecified atom stereocenters. The van der Waals surface area contributed by atoms with Gasteiger partial charge in [-0.15, -0.1) is 11.6 Å². The van der Waals surface area contributed by atoms with E-state index in [0.717, 1.165) is 11.5 Å². The van der Waals surface area contributed by atoms with E-state index in [1.807, 2.05) is 48.5 Å². The molecule has 0 aliphatic heterocycles. The van der Waals surface area contributed by atoms with Gasteiger partial charge in [-0.1, -0.05) is 71.0 Å². The van der Waals surface area contributed by atoms with Gasteiger partial charge in [0.25, 0.3) is 0 Å². The van der Waals surface area contributed by atoms with Crippen LogP contribution in [-0.2, 0) is 0 Å². The number of ether oxygens (including phenoxy) is 1. The van der Waals surface area contributed by atoms with Crippen LogP contribution in [0.5, 0.6) is 11.5 Å². The van der Waals surface area contributed by atoms with Crippen LogP contribution in [0.1, 0.15) is 0 Å². The van der Waals surface area contributed by atoms with Gasteiger partial charge < -0.3 is 4.74 Å². The molecule has 1 atom stereocenters. The first-order valence-corrected chi connectivity index (χ1v) is 9.81. The quantitative estimate of drug-likeness (QED) is 0.515. The number of para-hydroxylation sites is 1. The van der Waals surface area contributed by atoms with E-state index >= 15 is 0 Å². The Morgan fingerprint density at radius 3 is 1.73 bits per heavy atom. The lowest BCUT2D eigenvalue weighted by Crippen LogP contribution is -2.44. The molecule has 0 bridgehead atoms. The number of halogens is 1. The first kappa shape index (κ1) is 14.9. The Morgan fingerprint density at radius 2 is 1.14 bits per heavy atom. The molecule has 0 aliphatic carbocycles. The Balaban J connectivity index is 1.78. The number of benzene rings is 3. The highest BCUT2D eigenvalue weighted by Gasteiger charge is 2.14. The summed E-state index contributed by atoms with van der Waals surface area (Å²) >= 11 is 6.24. The zero-order chi connectivity index (χ0) is 15.2. The van der Waals surface area contributed by atoms with Crippen LogP contribution in [0.2, 0.25) is 0 Å². The molecule has 3 aromatic carbocycles. The van der Waals surface area contributed by atoms with Crippen LogP contribution in [0.4, 0.5) is 0 Å². The average molecular weight is 325 g/mol. The fourth-order valence-electron chi connectivity index (χ4n) is 2.45. The maximum Gasteiger partial charge on any atom is 0.127 e. The fourth-order valence-corrected chi connectivity index (χ4v) is 5.60. The van der Waals surface area contributed by atoms with Gasteiger partial charge in [-0.25, -0.2) is 0 Å². The molecule has 0 heterocycles. The number of hydrogen-bond acceptors (Lipinski definition) is 1. The molecular weight excluding hydrogens is 308 g/mol. The van der Waals surface area contributed by atoms with Gasteiger partial charge in [0.05, 0.1) is 0 Å². The van der Waals surface area contributed by atoms with Crippen LogP contribution in [0.25, 0.3) is 0 Å². The van der Waals surface area contributed by atoms with E-state index in [2.05, 4.69) is 36.4 Å². The van der Waals surface area contributed by atoms with E-state index in [1.54, 1.807) is 0 Å². The Labute approximate surface area is 137 Å². The topological polar surface area (TPSA) is 9.23 Å². The smallest absolute Gasteiger partial charge is 0.127 e. The van der Waals surface area contributed by atoms with Crippen molar-refractivity contribution in [2.24, 2.45) is 0 Å². The standard InChI is InChI=1S/C19H17ClOSi/c20-15-22(18-9-5-2-6-10-18)19-13-11-17(12-14-19)21-16-7-3-1-4-8-16/h1-14,22H,15H2. The Kier molecular flexibility index (Phi) is 4.94. The first-order chi connectivity index (χ1) is 10.9. The summed E-state index contributed by atoms with van der Waals surface area (Å²) in [4.78, 5) is 0. The summed E-state index contributed by atoms with van der Waals surface area (Å²) in [5.74, 6) is 1.70. The molecule has 0 radical (unpaired) electrons. The zero-order valence-corrected chi connectivity index (χ0v) is 14.1. The Bertz CT molecular complexity index is 699. The van der Waals surface area contributed by atoms with Gasteiger partial charge in [0.15, 0.2) is 0 Å². The van der Waals surface area contributed by atoms with Crippen molar-refractivity contribution in [3.05, 3.63) is 84.9 Å². The van der Waals surface area contributed by atoms with Crippen molar-refractivity contribution in [3.8, 4) is 11.5 Å². The molecule has 0 aromatic heterocycles. The SMILES string of the molecule is ClC[SiH](c1ccccc1)c1ccc(Oc2ccccc2)cc1. The second kappa shape index (κ2) is 7.30. The Hall–Kier alpha value is -2.03. The number of alkyl halides is 1. The lowest BCUT2D eigenvalue weighted by molar-refractivity contribution is 0.483. The molecule has 0 N–H and O–H groups in total. The number of hydrogen-bond donors (Lipinski definition) is 0. The van der Waals surface area contributed by atoms with E-state index < -0.39 is 8.80 Å². The minimum atomic E-state index is -1.33. The second-order valence-corrected chi connectivity index (χ2v) is 8.77. The normalized spacial score (nSPS) is 11.9. The number of rotatable bonds is 5. The third kappa shape index (κ3) is 3.59. The van der Waals surface area contributed by atoms with Gasteiger partial charge in [-0.05, 0) is 24.3 Å². The van der Waals surface area contributed by atoms with Crippen molar-refractivity contribution < 1.29 is 4.74 Å². The van der Waals surface area contributed by atoms with Gasteiger partial charge in [-0.2, -0.15) is 0 Å². The van der Waals surface area contributed by atoms with Crippen LogP contribution < -0.4 is 15.1 Å². The molecule has 0 spiro atoms. The highest BCUT2D eigenvalue weighted by Crippen LogP contribution is 2.19. The predicted molar refractivity (Wildman–Crippen MR) is 96.5 cm³/mol. The summed E-state index contributed by atoms with van der Waals surface area (Å²) in [6.07, 6.45) is 0. The summed E-state index contributed by atoms with van der Waals surface area (Å²) in [5.41, 5.74) is 0.697. The van der Waals surface area contributed by atoms with Crippen molar-refractivity contribution >= 4 is 30.8 Å². The lowest BCUT2D eigenvalue weighted by atomic mass is 10.3. The minimum absolute atomic E-state index is 0.697. The van der Waals surface area contributed by atoms with Crippen molar-refractivity contribution in [2.75, 3.05) is 5.50 Å². The van der Waals surface area contributed by atoms with Gasteiger partial charge in [-0.3, -0.25) is 0 Å². The lowest BCUT2D eigenvalue weighted by Gasteiger charge is -2.14.